The summed E-state index contributed by atoms with van der Waals surface area (Å²) in [6, 6.07) is 16.7. The van der Waals surface area contributed by atoms with E-state index in [4.69, 9.17) is 10.1 Å². The zero-order valence-electron chi connectivity index (χ0n) is 18.7. The molecule has 32 heavy (non-hydrogen) atoms. The lowest BCUT2D eigenvalue weighted by Gasteiger charge is -2.09. The Kier molecular flexibility index (Phi) is 7.17. The fourth-order valence-electron chi connectivity index (χ4n) is 3.74. The van der Waals surface area contributed by atoms with Gasteiger partial charge in [-0.15, -0.1) is 5.10 Å². The third kappa shape index (κ3) is 5.17. The van der Waals surface area contributed by atoms with Crippen LogP contribution in [0.25, 0.3) is 22.5 Å². The summed E-state index contributed by atoms with van der Waals surface area (Å²) in [6.45, 7) is 4.96. The number of aromatic amines is 1. The molecule has 4 aromatic rings. The van der Waals surface area contributed by atoms with Crippen molar-refractivity contribution in [2.24, 2.45) is 0 Å². The molecule has 164 valence electrons. The maximum Gasteiger partial charge on any atom is 0.180 e. The number of unbranched alkanes of at least 4 members (excludes halogenated alkanes) is 2. The summed E-state index contributed by atoms with van der Waals surface area (Å²) in [5.74, 6) is 2.63. The second-order valence-electron chi connectivity index (χ2n) is 7.82. The molecule has 0 atom stereocenters. The first-order chi connectivity index (χ1) is 15.8. The first-order valence-electron chi connectivity index (χ1n) is 11.2. The Labute approximate surface area is 188 Å². The molecule has 0 aliphatic carbocycles. The number of allylic oxidation sites excluding steroid dienone is 2. The molecule has 2 aromatic carbocycles. The lowest BCUT2D eigenvalue weighted by molar-refractivity contribution is 0.632. The van der Waals surface area contributed by atoms with Gasteiger partial charge in [0, 0.05) is 18.4 Å². The minimum atomic E-state index is 0.663. The Bertz CT molecular complexity index is 1140. The van der Waals surface area contributed by atoms with Crippen LogP contribution in [0.15, 0.2) is 60.7 Å². The molecule has 2 heterocycles. The number of hydrogen-bond acceptors (Lipinski definition) is 5. The number of nitrogens with one attached hydrogen (secondary N) is 1. The molecular formula is C25H29N7. The van der Waals surface area contributed by atoms with E-state index in [9.17, 15) is 0 Å². The van der Waals surface area contributed by atoms with Crippen LogP contribution in [0.1, 0.15) is 50.3 Å². The van der Waals surface area contributed by atoms with Crippen LogP contribution >= 0.6 is 0 Å². The van der Waals surface area contributed by atoms with Gasteiger partial charge < -0.3 is 0 Å². The maximum atomic E-state index is 4.80. The molecule has 4 rings (SSSR count). The van der Waals surface area contributed by atoms with Gasteiger partial charge in [0.2, 0.25) is 0 Å². The minimum absolute atomic E-state index is 0.663. The van der Waals surface area contributed by atoms with Crippen molar-refractivity contribution in [3.63, 3.8) is 0 Å². The summed E-state index contributed by atoms with van der Waals surface area (Å²) < 4.78 is 2.05. The predicted octanol–water partition coefficient (Wildman–Crippen LogP) is 5.02. The standard InChI is InChI=1S/C25H29N7/c1-3-5-7-12-23-26-24(13-6-4-2)32(29-23)18-19-14-16-20(17-15-19)21-10-8-9-11-22(21)25-27-30-31-28-25/h4,6,8-11,14-17H,3,5,7,12-13,18H2,1-2H3,(H,27,28,30,31). The van der Waals surface area contributed by atoms with Crippen LogP contribution in [0.4, 0.5) is 0 Å². The highest BCUT2D eigenvalue weighted by atomic mass is 15.5. The molecule has 0 aliphatic rings. The van der Waals surface area contributed by atoms with Gasteiger partial charge in [0.15, 0.2) is 11.6 Å². The van der Waals surface area contributed by atoms with E-state index >= 15 is 0 Å². The molecule has 0 spiro atoms. The highest BCUT2D eigenvalue weighted by Gasteiger charge is 2.12. The second kappa shape index (κ2) is 10.6. The molecule has 7 nitrogen and oxygen atoms in total. The van der Waals surface area contributed by atoms with Crippen molar-refractivity contribution in [2.75, 3.05) is 0 Å². The molecule has 0 fully saturated rings. The number of benzene rings is 2. The largest absolute Gasteiger partial charge is 0.245 e. The first kappa shape index (κ1) is 21.6. The lowest BCUT2D eigenvalue weighted by atomic mass is 9.98. The van der Waals surface area contributed by atoms with Gasteiger partial charge in [0.25, 0.3) is 0 Å². The van der Waals surface area contributed by atoms with Gasteiger partial charge >= 0.3 is 0 Å². The molecule has 0 radical (unpaired) electrons. The van der Waals surface area contributed by atoms with E-state index < -0.39 is 0 Å². The van der Waals surface area contributed by atoms with Crippen molar-refractivity contribution in [3.05, 3.63) is 77.9 Å². The molecule has 0 amide bonds. The predicted molar refractivity (Wildman–Crippen MR) is 126 cm³/mol. The summed E-state index contributed by atoms with van der Waals surface area (Å²) in [6.07, 6.45) is 9.49. The van der Waals surface area contributed by atoms with Gasteiger partial charge in [-0.3, -0.25) is 0 Å². The van der Waals surface area contributed by atoms with Crippen LogP contribution in [-0.4, -0.2) is 35.4 Å². The van der Waals surface area contributed by atoms with Crippen molar-refractivity contribution < 1.29 is 0 Å². The third-order valence-corrected chi connectivity index (χ3v) is 5.46. The Morgan fingerprint density at radius 2 is 1.81 bits per heavy atom. The zero-order chi connectivity index (χ0) is 22.2. The molecular weight excluding hydrogens is 398 g/mol. The third-order valence-electron chi connectivity index (χ3n) is 5.46. The van der Waals surface area contributed by atoms with Gasteiger partial charge in [-0.25, -0.2) is 14.8 Å². The molecule has 0 bridgehead atoms. The van der Waals surface area contributed by atoms with Crippen LogP contribution in [0.3, 0.4) is 0 Å². The quantitative estimate of drug-likeness (QED) is 0.284. The van der Waals surface area contributed by atoms with Crippen molar-refractivity contribution in [1.29, 1.82) is 0 Å². The average Bonchev–Trinajstić information content (AvgIpc) is 3.49. The van der Waals surface area contributed by atoms with E-state index in [-0.39, 0.29) is 0 Å². The van der Waals surface area contributed by atoms with E-state index in [1.807, 2.05) is 29.8 Å². The van der Waals surface area contributed by atoms with Crippen molar-refractivity contribution in [1.82, 2.24) is 35.4 Å². The van der Waals surface area contributed by atoms with E-state index in [1.165, 1.54) is 18.4 Å². The summed E-state index contributed by atoms with van der Waals surface area (Å²) >= 11 is 0. The number of H-pyrrole nitrogens is 1. The fourth-order valence-corrected chi connectivity index (χ4v) is 3.74. The highest BCUT2D eigenvalue weighted by molar-refractivity contribution is 5.80. The van der Waals surface area contributed by atoms with E-state index in [0.29, 0.717) is 12.4 Å². The molecule has 0 aliphatic heterocycles. The van der Waals surface area contributed by atoms with Crippen LogP contribution < -0.4 is 0 Å². The number of hydrogen-bond donors (Lipinski definition) is 1. The van der Waals surface area contributed by atoms with E-state index in [0.717, 1.165) is 47.6 Å². The van der Waals surface area contributed by atoms with Gasteiger partial charge in [0.1, 0.15) is 5.82 Å². The molecule has 0 unspecified atom stereocenters. The number of rotatable bonds is 10. The number of nitrogens with zero attached hydrogens (tertiary/aromatic N) is 6. The van der Waals surface area contributed by atoms with E-state index in [2.05, 4.69) is 70.0 Å². The topological polar surface area (TPSA) is 85.2 Å². The summed E-state index contributed by atoms with van der Waals surface area (Å²) in [5.41, 5.74) is 4.38. The highest BCUT2D eigenvalue weighted by Crippen LogP contribution is 2.29. The summed E-state index contributed by atoms with van der Waals surface area (Å²) in [4.78, 5) is 4.80. The smallest absolute Gasteiger partial charge is 0.180 e. The van der Waals surface area contributed by atoms with Crippen LogP contribution in [0.5, 0.6) is 0 Å². The van der Waals surface area contributed by atoms with Crippen LogP contribution in [-0.2, 0) is 19.4 Å². The zero-order valence-corrected chi connectivity index (χ0v) is 18.7. The van der Waals surface area contributed by atoms with Crippen molar-refractivity contribution >= 4 is 0 Å². The molecule has 0 saturated heterocycles. The summed E-state index contributed by atoms with van der Waals surface area (Å²) in [5, 5.41) is 19.1. The number of tetrazole rings is 1. The van der Waals surface area contributed by atoms with Gasteiger partial charge in [-0.1, -0.05) is 80.4 Å². The van der Waals surface area contributed by atoms with E-state index in [1.54, 1.807) is 0 Å². The lowest BCUT2D eigenvalue weighted by Crippen LogP contribution is -2.06. The Morgan fingerprint density at radius 1 is 1.00 bits per heavy atom. The van der Waals surface area contributed by atoms with Crippen molar-refractivity contribution in [3.8, 4) is 22.5 Å². The monoisotopic (exact) mass is 427 g/mol. The molecule has 1 N–H and O–H groups in total. The van der Waals surface area contributed by atoms with Crippen LogP contribution in [0, 0.1) is 0 Å². The fraction of sp³-hybridized carbons (Fsp3) is 0.320. The SMILES string of the molecule is CC=CCc1nc(CCCCC)nn1Cc1ccc(-c2ccccc2-c2nnn[nH]2)cc1. The Morgan fingerprint density at radius 3 is 2.53 bits per heavy atom. The van der Waals surface area contributed by atoms with Gasteiger partial charge in [-0.2, -0.15) is 5.10 Å². The summed E-state index contributed by atoms with van der Waals surface area (Å²) in [7, 11) is 0. The Balaban J connectivity index is 1.54. The second-order valence-corrected chi connectivity index (χ2v) is 7.82. The van der Waals surface area contributed by atoms with Crippen LogP contribution in [0.2, 0.25) is 0 Å². The van der Waals surface area contributed by atoms with Crippen molar-refractivity contribution in [2.45, 2.75) is 52.5 Å². The van der Waals surface area contributed by atoms with Gasteiger partial charge in [-0.05, 0) is 40.5 Å². The Hall–Kier alpha value is -3.61. The average molecular weight is 428 g/mol. The number of aromatic nitrogens is 7. The molecule has 7 heteroatoms. The van der Waals surface area contributed by atoms with Gasteiger partial charge in [0.05, 0.1) is 6.54 Å². The first-order valence-corrected chi connectivity index (χ1v) is 11.2. The molecule has 0 saturated carbocycles. The number of aryl methyl sites for hydroxylation is 1. The normalized spacial score (nSPS) is 11.4. The molecule has 2 aromatic heterocycles. The maximum absolute atomic E-state index is 4.80. The minimum Gasteiger partial charge on any atom is -0.245 e.